The zero-order valence-electron chi connectivity index (χ0n) is 14.8. The molecule has 0 amide bonds. The molecule has 2 aliphatic carbocycles. The molecular weight excluding hydrogens is 384 g/mol. The number of rotatable bonds is 2. The Balaban J connectivity index is 1.52. The van der Waals surface area contributed by atoms with Gasteiger partial charge in [-0.2, -0.15) is 13.2 Å². The van der Waals surface area contributed by atoms with Gasteiger partial charge >= 0.3 is 6.18 Å². The van der Waals surface area contributed by atoms with E-state index in [2.05, 4.69) is 0 Å². The Morgan fingerprint density at radius 2 is 1.81 bits per heavy atom. The van der Waals surface area contributed by atoms with Gasteiger partial charge in [0.2, 0.25) is 0 Å². The Morgan fingerprint density at radius 1 is 1.19 bits per heavy atom. The summed E-state index contributed by atoms with van der Waals surface area (Å²) in [5.74, 6) is -0.633. The summed E-state index contributed by atoms with van der Waals surface area (Å²) in [6.07, 6.45) is -1.77. The van der Waals surface area contributed by atoms with E-state index in [-0.39, 0.29) is 35.6 Å². The highest BCUT2D eigenvalue weighted by Gasteiger charge is 2.62. The van der Waals surface area contributed by atoms with Crippen molar-refractivity contribution in [2.45, 2.75) is 37.5 Å². The molecule has 1 heterocycles. The number of benzene rings is 1. The molecule has 2 saturated carbocycles. The van der Waals surface area contributed by atoms with Crippen molar-refractivity contribution in [3.05, 3.63) is 40.9 Å². The van der Waals surface area contributed by atoms with E-state index in [0.29, 0.717) is 19.5 Å². The summed E-state index contributed by atoms with van der Waals surface area (Å²) < 4.78 is 52.9. The fourth-order valence-corrected chi connectivity index (χ4v) is 5.16. The highest BCUT2D eigenvalue weighted by atomic mass is 35.5. The Bertz CT molecular complexity index is 767. The zero-order valence-corrected chi connectivity index (χ0v) is 15.6. The lowest BCUT2D eigenvalue weighted by Gasteiger charge is -2.29. The highest BCUT2D eigenvalue weighted by molar-refractivity contribution is 6.31. The maximum absolute atomic E-state index is 13.5. The van der Waals surface area contributed by atoms with Crippen LogP contribution in [-0.4, -0.2) is 35.5 Å². The number of nitrogens with zero attached hydrogens (tertiary/aromatic N) is 2. The van der Waals surface area contributed by atoms with Crippen LogP contribution in [0.25, 0.3) is 0 Å². The van der Waals surface area contributed by atoms with Gasteiger partial charge < -0.3 is 14.9 Å². The smallest absolute Gasteiger partial charge is 0.380 e. The van der Waals surface area contributed by atoms with E-state index < -0.39 is 17.6 Å². The molecule has 27 heavy (non-hydrogen) atoms. The Morgan fingerprint density at radius 3 is 2.37 bits per heavy atom. The summed E-state index contributed by atoms with van der Waals surface area (Å²) in [4.78, 5) is 4.03. The van der Waals surface area contributed by atoms with Crippen LogP contribution in [0.5, 0.6) is 0 Å². The number of fused-ring (bicyclic) bond motifs is 1. The van der Waals surface area contributed by atoms with Crippen molar-refractivity contribution in [3.63, 3.8) is 0 Å². The minimum absolute atomic E-state index is 0.0416. The molecule has 3 aliphatic rings. The van der Waals surface area contributed by atoms with Crippen LogP contribution in [-0.2, 0) is 0 Å². The van der Waals surface area contributed by atoms with E-state index in [4.69, 9.17) is 11.6 Å². The highest BCUT2D eigenvalue weighted by Crippen LogP contribution is 2.57. The number of allylic oxidation sites excluding steroid dienone is 1. The summed E-state index contributed by atoms with van der Waals surface area (Å²) in [6, 6.07) is 4.55. The molecule has 0 aromatic heterocycles. The van der Waals surface area contributed by atoms with Gasteiger partial charge in [0.25, 0.3) is 0 Å². The molecule has 8 heteroatoms. The number of hydrogen-bond acceptors (Lipinski definition) is 3. The van der Waals surface area contributed by atoms with Crippen LogP contribution in [0.15, 0.2) is 30.1 Å². The lowest BCUT2D eigenvalue weighted by molar-refractivity contribution is -0.259. The second-order valence-corrected chi connectivity index (χ2v) is 8.51. The molecule has 3 nitrogen and oxygen atoms in total. The van der Waals surface area contributed by atoms with Crippen LogP contribution < -0.4 is 4.90 Å². The predicted octanol–water partition coefficient (Wildman–Crippen LogP) is 4.76. The molecular formula is C19H21ClF4N2O. The van der Waals surface area contributed by atoms with E-state index in [9.17, 15) is 22.7 Å². The van der Waals surface area contributed by atoms with E-state index >= 15 is 0 Å². The van der Waals surface area contributed by atoms with Gasteiger partial charge in [0.1, 0.15) is 5.82 Å². The van der Waals surface area contributed by atoms with Crippen LogP contribution >= 0.6 is 11.6 Å². The number of alkyl halides is 3. The molecule has 2 fully saturated rings. The van der Waals surface area contributed by atoms with Crippen LogP contribution in [0.1, 0.15) is 25.7 Å². The van der Waals surface area contributed by atoms with E-state index in [0.717, 1.165) is 11.4 Å². The number of anilines is 1. The fourth-order valence-electron chi connectivity index (χ4n) is 4.99. The van der Waals surface area contributed by atoms with E-state index in [1.54, 1.807) is 12.1 Å². The van der Waals surface area contributed by atoms with Crippen LogP contribution in [0.3, 0.4) is 0 Å². The third-order valence-corrected chi connectivity index (χ3v) is 6.52. The maximum Gasteiger partial charge on any atom is 0.417 e. The molecule has 4 rings (SSSR count). The van der Waals surface area contributed by atoms with Gasteiger partial charge in [-0.3, -0.25) is 0 Å². The molecule has 2 unspecified atom stereocenters. The molecule has 1 aromatic carbocycles. The largest absolute Gasteiger partial charge is 0.417 e. The Labute approximate surface area is 160 Å². The van der Waals surface area contributed by atoms with Crippen molar-refractivity contribution in [1.82, 2.24) is 4.90 Å². The normalized spacial score (nSPS) is 33.6. The van der Waals surface area contributed by atoms with E-state index in [1.165, 1.54) is 6.07 Å². The van der Waals surface area contributed by atoms with E-state index in [1.807, 2.05) is 23.0 Å². The third-order valence-electron chi connectivity index (χ3n) is 6.23. The topological polar surface area (TPSA) is 26.7 Å². The molecule has 148 valence electrons. The molecule has 0 radical (unpaired) electrons. The minimum atomic E-state index is -4.57. The average Bonchev–Trinajstić information content (AvgIpc) is 3.20. The average molecular weight is 405 g/mol. The molecule has 1 aliphatic heterocycles. The number of halogens is 5. The van der Waals surface area contributed by atoms with Gasteiger partial charge in [-0.15, -0.1) is 0 Å². The first-order valence-electron chi connectivity index (χ1n) is 9.01. The molecule has 0 saturated heterocycles. The van der Waals surface area contributed by atoms with Gasteiger partial charge in [0.15, 0.2) is 5.60 Å². The van der Waals surface area contributed by atoms with Crippen molar-refractivity contribution in [3.8, 4) is 0 Å². The predicted molar refractivity (Wildman–Crippen MR) is 94.5 cm³/mol. The molecule has 1 N–H and O–H groups in total. The Hall–Kier alpha value is -1.47. The fraction of sp³-hybridized carbons (Fsp3) is 0.579. The first-order chi connectivity index (χ1) is 12.6. The van der Waals surface area contributed by atoms with Gasteiger partial charge in [-0.05, 0) is 55.7 Å². The van der Waals surface area contributed by atoms with Crippen molar-refractivity contribution in [1.29, 1.82) is 0 Å². The quantitative estimate of drug-likeness (QED) is 0.720. The van der Waals surface area contributed by atoms with Gasteiger partial charge in [-0.25, -0.2) is 4.39 Å². The van der Waals surface area contributed by atoms with Gasteiger partial charge in [0, 0.05) is 30.5 Å². The van der Waals surface area contributed by atoms with Gasteiger partial charge in [0.05, 0.1) is 11.7 Å². The first-order valence-corrected chi connectivity index (χ1v) is 9.39. The van der Waals surface area contributed by atoms with Crippen molar-refractivity contribution in [2.75, 3.05) is 18.6 Å². The standard InChI is InChI=1S/C19H21ClF4N2O/c1-25-9-17(26(10-25)14-2-3-16(21)15(20)6-14)11-4-12-7-18(27,19(22,23)24)8-13(12)5-11/h2-3,6,9,11-13,27H,4-5,7-8,10H2,1H3. The molecule has 0 spiro atoms. The van der Waals surface area contributed by atoms with Crippen LogP contribution in [0.2, 0.25) is 5.02 Å². The summed E-state index contributed by atoms with van der Waals surface area (Å²) in [7, 11) is 1.92. The Kier molecular flexibility index (Phi) is 4.38. The van der Waals surface area contributed by atoms with Crippen LogP contribution in [0, 0.1) is 23.6 Å². The van der Waals surface area contributed by atoms with Crippen molar-refractivity contribution < 1.29 is 22.7 Å². The number of aliphatic hydroxyl groups is 1. The minimum Gasteiger partial charge on any atom is -0.380 e. The molecule has 2 atom stereocenters. The summed E-state index contributed by atoms with van der Waals surface area (Å²) in [6.45, 7) is 0.579. The summed E-state index contributed by atoms with van der Waals surface area (Å²) in [5, 5.41) is 10.0. The maximum atomic E-state index is 13.5. The third kappa shape index (κ3) is 3.18. The molecule has 1 aromatic rings. The molecule has 0 bridgehead atoms. The monoisotopic (exact) mass is 404 g/mol. The SMILES string of the molecule is CN1C=C(C2CC3CC(O)(C(F)(F)F)CC3C2)N(c2ccc(F)c(Cl)c2)C1. The van der Waals surface area contributed by atoms with Crippen molar-refractivity contribution >= 4 is 17.3 Å². The lowest BCUT2D eigenvalue weighted by atomic mass is 9.92. The second kappa shape index (κ2) is 6.27. The first kappa shape index (κ1) is 18.9. The summed E-state index contributed by atoms with van der Waals surface area (Å²) in [5.41, 5.74) is -0.760. The van der Waals surface area contributed by atoms with Crippen molar-refractivity contribution in [2.24, 2.45) is 17.8 Å². The van der Waals surface area contributed by atoms with Crippen LogP contribution in [0.4, 0.5) is 23.2 Å². The summed E-state index contributed by atoms with van der Waals surface area (Å²) >= 11 is 5.92. The van der Waals surface area contributed by atoms with Gasteiger partial charge in [-0.1, -0.05) is 11.6 Å². The zero-order chi connectivity index (χ0) is 19.6. The number of hydrogen-bond donors (Lipinski definition) is 1. The lowest BCUT2D eigenvalue weighted by Crippen LogP contribution is -2.43. The second-order valence-electron chi connectivity index (χ2n) is 8.10.